The fourth-order valence-electron chi connectivity index (χ4n) is 1.75. The van der Waals surface area contributed by atoms with Gasteiger partial charge in [0, 0.05) is 23.7 Å². The van der Waals surface area contributed by atoms with Crippen LogP contribution in [0.4, 0.5) is 8.78 Å². The summed E-state index contributed by atoms with van der Waals surface area (Å²) in [6.07, 6.45) is 2.79. The molecule has 1 N–H and O–H groups in total. The Morgan fingerprint density at radius 1 is 1.32 bits per heavy atom. The first-order chi connectivity index (χ1) is 9.10. The molecule has 2 aromatic rings. The summed E-state index contributed by atoms with van der Waals surface area (Å²) in [5.41, 5.74) is 0.735. The van der Waals surface area contributed by atoms with Gasteiger partial charge in [0.1, 0.15) is 0 Å². The van der Waals surface area contributed by atoms with Gasteiger partial charge >= 0.3 is 0 Å². The minimum atomic E-state index is -0.814. The molecule has 0 aliphatic rings. The van der Waals surface area contributed by atoms with Gasteiger partial charge in [0.2, 0.25) is 0 Å². The first-order valence-corrected chi connectivity index (χ1v) is 7.03. The smallest absolute Gasteiger partial charge is 0.159 e. The van der Waals surface area contributed by atoms with Crippen molar-refractivity contribution in [3.63, 3.8) is 0 Å². The highest BCUT2D eigenvalue weighted by molar-refractivity contribution is 7.11. The van der Waals surface area contributed by atoms with E-state index in [1.54, 1.807) is 17.4 Å². The highest BCUT2D eigenvalue weighted by Crippen LogP contribution is 2.18. The molecule has 0 aliphatic carbocycles. The fraction of sp³-hybridized carbons (Fsp3) is 0.357. The van der Waals surface area contributed by atoms with Crippen LogP contribution in [0.3, 0.4) is 0 Å². The first-order valence-electron chi connectivity index (χ1n) is 6.22. The van der Waals surface area contributed by atoms with Gasteiger partial charge in [-0.05, 0) is 31.0 Å². The van der Waals surface area contributed by atoms with Crippen LogP contribution in [0.5, 0.6) is 0 Å². The summed E-state index contributed by atoms with van der Waals surface area (Å²) in [5.74, 6) is -1.62. The molecule has 2 rings (SSSR count). The van der Waals surface area contributed by atoms with Gasteiger partial charge < -0.3 is 5.32 Å². The quantitative estimate of drug-likeness (QED) is 0.901. The maximum atomic E-state index is 13.1. The normalized spacial score (nSPS) is 12.6. The van der Waals surface area contributed by atoms with Crippen LogP contribution in [0, 0.1) is 11.6 Å². The van der Waals surface area contributed by atoms with Gasteiger partial charge in [-0.1, -0.05) is 13.0 Å². The minimum Gasteiger partial charge on any atom is -0.305 e. The van der Waals surface area contributed by atoms with Crippen LogP contribution in [0.25, 0.3) is 0 Å². The number of hydrogen-bond donors (Lipinski definition) is 1. The molecule has 5 heteroatoms. The summed E-state index contributed by atoms with van der Waals surface area (Å²) in [7, 11) is 0. The molecular weight excluding hydrogens is 266 g/mol. The lowest BCUT2D eigenvalue weighted by Crippen LogP contribution is -2.17. The average Bonchev–Trinajstić information content (AvgIpc) is 2.87. The summed E-state index contributed by atoms with van der Waals surface area (Å²) < 4.78 is 26.0. The van der Waals surface area contributed by atoms with Gasteiger partial charge in [-0.3, -0.25) is 0 Å². The zero-order chi connectivity index (χ0) is 13.8. The van der Waals surface area contributed by atoms with E-state index < -0.39 is 11.6 Å². The van der Waals surface area contributed by atoms with E-state index >= 15 is 0 Å². The Hall–Kier alpha value is -1.33. The molecule has 0 bridgehead atoms. The van der Waals surface area contributed by atoms with E-state index in [-0.39, 0.29) is 6.04 Å². The lowest BCUT2D eigenvalue weighted by Gasteiger charge is -2.13. The van der Waals surface area contributed by atoms with Crippen molar-refractivity contribution >= 4 is 11.3 Å². The second kappa shape index (κ2) is 6.21. The van der Waals surface area contributed by atoms with Crippen molar-refractivity contribution in [3.8, 4) is 0 Å². The number of aromatic nitrogens is 1. The van der Waals surface area contributed by atoms with Crippen molar-refractivity contribution in [3.05, 3.63) is 51.5 Å². The molecule has 2 nitrogen and oxygen atoms in total. The van der Waals surface area contributed by atoms with E-state index in [4.69, 9.17) is 0 Å². The summed E-state index contributed by atoms with van der Waals surface area (Å²) in [6, 6.07) is 3.95. The molecule has 0 radical (unpaired) electrons. The van der Waals surface area contributed by atoms with E-state index in [2.05, 4.69) is 17.2 Å². The Bertz CT molecular complexity index is 554. The number of benzene rings is 1. The van der Waals surface area contributed by atoms with E-state index in [9.17, 15) is 8.78 Å². The van der Waals surface area contributed by atoms with Crippen LogP contribution in [0.1, 0.15) is 35.3 Å². The van der Waals surface area contributed by atoms with Gasteiger partial charge in [0.25, 0.3) is 0 Å². The van der Waals surface area contributed by atoms with E-state index in [0.29, 0.717) is 6.54 Å². The van der Waals surface area contributed by atoms with Crippen LogP contribution >= 0.6 is 11.3 Å². The second-order valence-corrected chi connectivity index (χ2v) is 5.55. The van der Waals surface area contributed by atoms with Crippen molar-refractivity contribution in [2.24, 2.45) is 0 Å². The predicted molar refractivity (Wildman–Crippen MR) is 73.1 cm³/mol. The maximum Gasteiger partial charge on any atom is 0.159 e. The van der Waals surface area contributed by atoms with E-state index in [0.717, 1.165) is 27.9 Å². The van der Waals surface area contributed by atoms with Crippen molar-refractivity contribution in [2.75, 3.05) is 0 Å². The number of nitrogens with one attached hydrogen (secondary N) is 1. The minimum absolute atomic E-state index is 0.0396. The van der Waals surface area contributed by atoms with Crippen LogP contribution in [-0.4, -0.2) is 4.98 Å². The molecule has 1 heterocycles. The van der Waals surface area contributed by atoms with Gasteiger partial charge in [-0.15, -0.1) is 11.3 Å². The van der Waals surface area contributed by atoms with Crippen molar-refractivity contribution in [1.82, 2.24) is 10.3 Å². The Morgan fingerprint density at radius 3 is 2.74 bits per heavy atom. The fourth-order valence-corrected chi connectivity index (χ4v) is 2.56. The zero-order valence-electron chi connectivity index (χ0n) is 10.9. The van der Waals surface area contributed by atoms with Crippen molar-refractivity contribution in [1.29, 1.82) is 0 Å². The molecule has 0 amide bonds. The Labute approximate surface area is 115 Å². The topological polar surface area (TPSA) is 24.9 Å². The van der Waals surface area contributed by atoms with Crippen LogP contribution in [0.15, 0.2) is 24.4 Å². The number of halogens is 2. The monoisotopic (exact) mass is 282 g/mol. The van der Waals surface area contributed by atoms with Crippen LogP contribution < -0.4 is 5.32 Å². The number of aryl methyl sites for hydroxylation is 1. The molecule has 102 valence electrons. The summed E-state index contributed by atoms with van der Waals surface area (Å²) in [4.78, 5) is 5.42. The molecule has 1 aromatic heterocycles. The molecule has 0 spiro atoms. The van der Waals surface area contributed by atoms with E-state index in [1.807, 2.05) is 13.1 Å². The van der Waals surface area contributed by atoms with Crippen LogP contribution in [0.2, 0.25) is 0 Å². The molecule has 0 saturated heterocycles. The Balaban J connectivity index is 1.96. The molecule has 1 unspecified atom stereocenters. The number of thiazole rings is 1. The van der Waals surface area contributed by atoms with Crippen molar-refractivity contribution < 1.29 is 8.78 Å². The lowest BCUT2D eigenvalue weighted by atomic mass is 10.1. The third kappa shape index (κ3) is 3.58. The molecule has 0 saturated carbocycles. The van der Waals surface area contributed by atoms with Gasteiger partial charge in [-0.25, -0.2) is 13.8 Å². The molecule has 0 aliphatic heterocycles. The molecule has 1 atom stereocenters. The van der Waals surface area contributed by atoms with Crippen molar-refractivity contribution in [2.45, 2.75) is 32.9 Å². The Kier molecular flexibility index (Phi) is 4.61. The summed E-state index contributed by atoms with van der Waals surface area (Å²) >= 11 is 1.67. The second-order valence-electron chi connectivity index (χ2n) is 4.35. The summed E-state index contributed by atoms with van der Waals surface area (Å²) in [6.45, 7) is 4.67. The number of nitrogens with zero attached hydrogens (tertiary/aromatic N) is 1. The first kappa shape index (κ1) is 14.1. The Morgan fingerprint density at radius 2 is 2.11 bits per heavy atom. The number of rotatable bonds is 5. The SMILES string of the molecule is CCc1ncc(CNC(C)c2ccc(F)c(F)c2)s1. The van der Waals surface area contributed by atoms with Gasteiger partial charge in [0.15, 0.2) is 11.6 Å². The highest BCUT2D eigenvalue weighted by Gasteiger charge is 2.09. The average molecular weight is 282 g/mol. The molecular formula is C14H16F2N2S. The molecule has 0 fully saturated rings. The zero-order valence-corrected chi connectivity index (χ0v) is 11.7. The van der Waals surface area contributed by atoms with E-state index in [1.165, 1.54) is 6.07 Å². The summed E-state index contributed by atoms with van der Waals surface area (Å²) in [5, 5.41) is 4.39. The third-order valence-corrected chi connectivity index (χ3v) is 4.07. The maximum absolute atomic E-state index is 13.1. The molecule has 1 aromatic carbocycles. The predicted octanol–water partition coefficient (Wildman–Crippen LogP) is 3.83. The largest absolute Gasteiger partial charge is 0.305 e. The highest BCUT2D eigenvalue weighted by atomic mass is 32.1. The number of hydrogen-bond acceptors (Lipinski definition) is 3. The standard InChI is InChI=1S/C14H16F2N2S/c1-3-14-18-8-11(19-14)7-17-9(2)10-4-5-12(15)13(16)6-10/h4-6,8-9,17H,3,7H2,1-2H3. The third-order valence-electron chi connectivity index (χ3n) is 2.93. The lowest BCUT2D eigenvalue weighted by molar-refractivity contribution is 0.501. The van der Waals surface area contributed by atoms with Gasteiger partial charge in [-0.2, -0.15) is 0 Å². The van der Waals surface area contributed by atoms with Crippen LogP contribution in [-0.2, 0) is 13.0 Å². The molecule has 19 heavy (non-hydrogen) atoms. The van der Waals surface area contributed by atoms with Gasteiger partial charge in [0.05, 0.1) is 5.01 Å².